The third-order valence-electron chi connectivity index (χ3n) is 5.43. The smallest absolute Gasteiger partial charge is 0.257 e. The fourth-order valence-electron chi connectivity index (χ4n) is 3.62. The lowest BCUT2D eigenvalue weighted by atomic mass is 10.2. The van der Waals surface area contributed by atoms with Gasteiger partial charge in [0.1, 0.15) is 0 Å². The normalized spacial score (nSPS) is 15.6. The van der Waals surface area contributed by atoms with Gasteiger partial charge in [-0.2, -0.15) is 9.40 Å². The van der Waals surface area contributed by atoms with Crippen molar-refractivity contribution in [2.75, 3.05) is 38.5 Å². The maximum absolute atomic E-state index is 13.0. The summed E-state index contributed by atoms with van der Waals surface area (Å²) in [6.07, 6.45) is 1.48. The number of aromatic nitrogens is 3. The van der Waals surface area contributed by atoms with Crippen LogP contribution >= 0.6 is 0 Å². The van der Waals surface area contributed by atoms with E-state index < -0.39 is 10.0 Å². The molecule has 168 valence electrons. The van der Waals surface area contributed by atoms with E-state index in [0.29, 0.717) is 43.2 Å². The van der Waals surface area contributed by atoms with Crippen LogP contribution in [0.2, 0.25) is 0 Å². The van der Waals surface area contributed by atoms with E-state index in [9.17, 15) is 13.2 Å². The molecule has 1 saturated heterocycles. The van der Waals surface area contributed by atoms with E-state index in [0.717, 1.165) is 11.4 Å². The molecule has 0 spiro atoms. The molecule has 0 unspecified atom stereocenters. The van der Waals surface area contributed by atoms with E-state index in [2.05, 4.69) is 20.3 Å². The zero-order valence-electron chi connectivity index (χ0n) is 18.3. The molecule has 0 bridgehead atoms. The second-order valence-electron chi connectivity index (χ2n) is 7.93. The second kappa shape index (κ2) is 8.81. The summed E-state index contributed by atoms with van der Waals surface area (Å²) in [4.78, 5) is 19.3. The molecular formula is C22H26N6O3S. The topological polar surface area (TPSA) is 100 Å². The van der Waals surface area contributed by atoms with Crippen LogP contribution in [0.4, 0.5) is 5.69 Å². The number of amides is 1. The molecule has 1 N–H and O–H groups in total. The molecule has 1 amide bonds. The first kappa shape index (κ1) is 22.1. The molecule has 1 aliphatic heterocycles. The van der Waals surface area contributed by atoms with Crippen molar-refractivity contribution in [1.82, 2.24) is 24.0 Å². The lowest BCUT2D eigenvalue weighted by Crippen LogP contribution is -2.47. The standard InChI is InChI=1S/C22H26N6O3S/c1-16-13-17(2)28(25-16)21-8-7-18(15-23-21)22(29)24-19-5-4-6-20(14-19)32(30,31)27-11-9-26(3)10-12-27/h4-8,13-15H,9-12H2,1-3H3,(H,24,29). The number of likely N-dealkylation sites (N-methyl/N-ethyl adjacent to an activating group) is 1. The first-order chi connectivity index (χ1) is 15.2. The summed E-state index contributed by atoms with van der Waals surface area (Å²) in [5.41, 5.74) is 2.61. The molecule has 10 heteroatoms. The van der Waals surface area contributed by atoms with Crippen LogP contribution in [0.3, 0.4) is 0 Å². The Morgan fingerprint density at radius 2 is 1.78 bits per heavy atom. The molecule has 9 nitrogen and oxygen atoms in total. The van der Waals surface area contributed by atoms with Crippen LogP contribution < -0.4 is 5.32 Å². The number of anilines is 1. The third-order valence-corrected chi connectivity index (χ3v) is 7.32. The van der Waals surface area contributed by atoms with Crippen molar-refractivity contribution >= 4 is 21.6 Å². The molecule has 32 heavy (non-hydrogen) atoms. The maximum atomic E-state index is 13.0. The molecule has 4 rings (SSSR count). The number of hydrogen-bond donors (Lipinski definition) is 1. The Bertz CT molecular complexity index is 1230. The van der Waals surface area contributed by atoms with E-state index in [-0.39, 0.29) is 10.8 Å². The Balaban J connectivity index is 1.49. The molecule has 0 radical (unpaired) electrons. The van der Waals surface area contributed by atoms with E-state index >= 15 is 0 Å². The van der Waals surface area contributed by atoms with Crippen LogP contribution in [-0.4, -0.2) is 71.5 Å². The quantitative estimate of drug-likeness (QED) is 0.634. The number of nitrogens with one attached hydrogen (secondary N) is 1. The monoisotopic (exact) mass is 454 g/mol. The zero-order valence-corrected chi connectivity index (χ0v) is 19.1. The first-order valence-corrected chi connectivity index (χ1v) is 11.8. The maximum Gasteiger partial charge on any atom is 0.257 e. The number of aryl methyl sites for hydroxylation is 2. The molecule has 1 fully saturated rings. The van der Waals surface area contributed by atoms with Gasteiger partial charge in [-0.15, -0.1) is 0 Å². The lowest BCUT2D eigenvalue weighted by Gasteiger charge is -2.31. The summed E-state index contributed by atoms with van der Waals surface area (Å²) >= 11 is 0. The van der Waals surface area contributed by atoms with E-state index in [1.807, 2.05) is 27.0 Å². The summed E-state index contributed by atoms with van der Waals surface area (Å²) in [6.45, 7) is 6.12. The van der Waals surface area contributed by atoms with Crippen LogP contribution in [-0.2, 0) is 10.0 Å². The predicted molar refractivity (Wildman–Crippen MR) is 121 cm³/mol. The summed E-state index contributed by atoms with van der Waals surface area (Å²) in [7, 11) is -1.64. The minimum Gasteiger partial charge on any atom is -0.322 e. The minimum absolute atomic E-state index is 0.165. The van der Waals surface area contributed by atoms with Crippen molar-refractivity contribution < 1.29 is 13.2 Å². The van der Waals surface area contributed by atoms with Crippen LogP contribution in [0.15, 0.2) is 53.6 Å². The zero-order chi connectivity index (χ0) is 22.9. The van der Waals surface area contributed by atoms with E-state index in [1.54, 1.807) is 35.0 Å². The van der Waals surface area contributed by atoms with Gasteiger partial charge in [-0.3, -0.25) is 4.79 Å². The highest BCUT2D eigenvalue weighted by Gasteiger charge is 2.27. The van der Waals surface area contributed by atoms with Crippen molar-refractivity contribution in [3.8, 4) is 5.82 Å². The molecule has 3 heterocycles. The van der Waals surface area contributed by atoms with Gasteiger partial charge in [0, 0.05) is 43.8 Å². The fraction of sp³-hybridized carbons (Fsp3) is 0.318. The van der Waals surface area contributed by atoms with Crippen molar-refractivity contribution in [2.24, 2.45) is 0 Å². The SMILES string of the molecule is Cc1cc(C)n(-c2ccc(C(=O)Nc3cccc(S(=O)(=O)N4CCN(C)CC4)c3)cn2)n1. The van der Waals surface area contributed by atoms with Gasteiger partial charge in [0.05, 0.1) is 16.2 Å². The average Bonchev–Trinajstić information content (AvgIpc) is 3.12. The van der Waals surface area contributed by atoms with Crippen molar-refractivity contribution in [2.45, 2.75) is 18.7 Å². The number of rotatable bonds is 5. The predicted octanol–water partition coefficient (Wildman–Crippen LogP) is 2.07. The van der Waals surface area contributed by atoms with Crippen molar-refractivity contribution in [3.05, 3.63) is 65.6 Å². The van der Waals surface area contributed by atoms with Crippen molar-refractivity contribution in [3.63, 3.8) is 0 Å². The van der Waals surface area contributed by atoms with Gasteiger partial charge in [0.25, 0.3) is 5.91 Å². The second-order valence-corrected chi connectivity index (χ2v) is 9.87. The Morgan fingerprint density at radius 1 is 1.03 bits per heavy atom. The molecule has 1 aliphatic rings. The highest BCUT2D eigenvalue weighted by Crippen LogP contribution is 2.21. The largest absolute Gasteiger partial charge is 0.322 e. The Morgan fingerprint density at radius 3 is 2.41 bits per heavy atom. The van der Waals surface area contributed by atoms with Gasteiger partial charge in [0.15, 0.2) is 5.82 Å². The van der Waals surface area contributed by atoms with Crippen LogP contribution in [0, 0.1) is 13.8 Å². The van der Waals surface area contributed by atoms with Crippen molar-refractivity contribution in [1.29, 1.82) is 0 Å². The summed E-state index contributed by atoms with van der Waals surface area (Å²) < 4.78 is 29.2. The number of carbonyl (C=O) groups excluding carboxylic acids is 1. The molecule has 0 atom stereocenters. The highest BCUT2D eigenvalue weighted by molar-refractivity contribution is 7.89. The lowest BCUT2D eigenvalue weighted by molar-refractivity contribution is 0.102. The number of pyridine rings is 1. The van der Waals surface area contributed by atoms with Gasteiger partial charge in [-0.1, -0.05) is 6.07 Å². The molecule has 2 aromatic heterocycles. The van der Waals surface area contributed by atoms with Crippen LogP contribution in [0.25, 0.3) is 5.82 Å². The summed E-state index contributed by atoms with van der Waals surface area (Å²) in [5, 5.41) is 7.15. The minimum atomic E-state index is -3.61. The molecule has 0 aliphatic carbocycles. The Labute approximate surface area is 187 Å². The van der Waals surface area contributed by atoms with Gasteiger partial charge in [0.2, 0.25) is 10.0 Å². The number of piperazine rings is 1. The van der Waals surface area contributed by atoms with Crippen LogP contribution in [0.1, 0.15) is 21.7 Å². The van der Waals surface area contributed by atoms with Gasteiger partial charge in [-0.25, -0.2) is 18.1 Å². The highest BCUT2D eigenvalue weighted by atomic mass is 32.2. The first-order valence-electron chi connectivity index (χ1n) is 10.3. The van der Waals surface area contributed by atoms with Gasteiger partial charge < -0.3 is 10.2 Å². The number of nitrogens with zero attached hydrogens (tertiary/aromatic N) is 5. The molecule has 1 aromatic carbocycles. The Hall–Kier alpha value is -3.08. The van der Waals surface area contributed by atoms with Gasteiger partial charge in [-0.05, 0) is 57.3 Å². The molecular weight excluding hydrogens is 428 g/mol. The van der Waals surface area contributed by atoms with E-state index in [1.165, 1.54) is 16.6 Å². The summed E-state index contributed by atoms with van der Waals surface area (Å²) in [6, 6.07) is 11.7. The Kier molecular flexibility index (Phi) is 6.09. The summed E-state index contributed by atoms with van der Waals surface area (Å²) in [5.74, 6) is 0.249. The number of carbonyl (C=O) groups is 1. The van der Waals surface area contributed by atoms with Crippen LogP contribution in [0.5, 0.6) is 0 Å². The molecule has 3 aromatic rings. The fourth-order valence-corrected chi connectivity index (χ4v) is 5.09. The number of sulfonamides is 1. The average molecular weight is 455 g/mol. The van der Waals surface area contributed by atoms with E-state index in [4.69, 9.17) is 0 Å². The van der Waals surface area contributed by atoms with Gasteiger partial charge >= 0.3 is 0 Å². The number of hydrogen-bond acceptors (Lipinski definition) is 6. The third kappa shape index (κ3) is 4.57. The molecule has 0 saturated carbocycles. The number of benzene rings is 1.